The van der Waals surface area contributed by atoms with Crippen molar-refractivity contribution in [3.8, 4) is 11.3 Å². The van der Waals surface area contributed by atoms with Crippen LogP contribution < -0.4 is 5.32 Å². The van der Waals surface area contributed by atoms with Crippen molar-refractivity contribution in [3.05, 3.63) is 70.9 Å². The lowest BCUT2D eigenvalue weighted by Crippen LogP contribution is -2.12. The van der Waals surface area contributed by atoms with E-state index in [0.717, 1.165) is 17.7 Å². The molecule has 0 saturated heterocycles. The highest BCUT2D eigenvalue weighted by Crippen LogP contribution is 2.23. The first kappa shape index (κ1) is 15.3. The lowest BCUT2D eigenvalue weighted by molar-refractivity contribution is 0.101. The molecule has 23 heavy (non-hydrogen) atoms. The highest BCUT2D eigenvalue weighted by molar-refractivity contribution is 6.30. The standard InChI is InChI=1S/C18H15ClN2O2/c1-2-12-6-8-15(9-7-12)20-18(22)16-11-17(23-21-16)13-4-3-5-14(19)10-13/h3-11H,2H2,1H3,(H,20,22). The quantitative estimate of drug-likeness (QED) is 0.748. The van der Waals surface area contributed by atoms with Crippen molar-refractivity contribution in [2.24, 2.45) is 0 Å². The van der Waals surface area contributed by atoms with Gasteiger partial charge in [-0.1, -0.05) is 47.9 Å². The van der Waals surface area contributed by atoms with Crippen molar-refractivity contribution >= 4 is 23.2 Å². The fourth-order valence-electron chi connectivity index (χ4n) is 2.18. The molecule has 0 aliphatic heterocycles. The molecule has 0 saturated carbocycles. The van der Waals surface area contributed by atoms with E-state index in [0.29, 0.717) is 10.8 Å². The average Bonchev–Trinajstić information content (AvgIpc) is 3.06. The SMILES string of the molecule is CCc1ccc(NC(=O)c2cc(-c3cccc(Cl)c3)on2)cc1. The average molecular weight is 327 g/mol. The number of benzene rings is 2. The lowest BCUT2D eigenvalue weighted by atomic mass is 10.1. The van der Waals surface area contributed by atoms with Crippen molar-refractivity contribution in [1.29, 1.82) is 0 Å². The van der Waals surface area contributed by atoms with Gasteiger partial charge in [0.25, 0.3) is 5.91 Å². The normalized spacial score (nSPS) is 10.5. The van der Waals surface area contributed by atoms with Crippen molar-refractivity contribution < 1.29 is 9.32 Å². The summed E-state index contributed by atoms with van der Waals surface area (Å²) < 4.78 is 5.23. The smallest absolute Gasteiger partial charge is 0.277 e. The number of rotatable bonds is 4. The molecule has 0 atom stereocenters. The molecule has 5 heteroatoms. The van der Waals surface area contributed by atoms with E-state index in [2.05, 4.69) is 17.4 Å². The Morgan fingerprint density at radius 3 is 2.65 bits per heavy atom. The molecule has 1 amide bonds. The maximum atomic E-state index is 12.2. The third-order valence-electron chi connectivity index (χ3n) is 3.47. The van der Waals surface area contributed by atoms with Crippen molar-refractivity contribution in [2.75, 3.05) is 5.32 Å². The van der Waals surface area contributed by atoms with Gasteiger partial charge in [-0.2, -0.15) is 0 Å². The molecule has 1 heterocycles. The topological polar surface area (TPSA) is 55.1 Å². The second-order valence-corrected chi connectivity index (χ2v) is 5.53. The Kier molecular flexibility index (Phi) is 4.44. The van der Waals surface area contributed by atoms with Gasteiger partial charge in [0.05, 0.1) is 0 Å². The number of aryl methyl sites for hydroxylation is 1. The second kappa shape index (κ2) is 6.67. The summed E-state index contributed by atoms with van der Waals surface area (Å²) in [5.74, 6) is 0.185. The summed E-state index contributed by atoms with van der Waals surface area (Å²) in [4.78, 5) is 12.2. The van der Waals surface area contributed by atoms with E-state index in [-0.39, 0.29) is 11.6 Å². The molecule has 0 bridgehead atoms. The fourth-order valence-corrected chi connectivity index (χ4v) is 2.37. The van der Waals surface area contributed by atoms with Crippen molar-refractivity contribution in [2.45, 2.75) is 13.3 Å². The van der Waals surface area contributed by atoms with E-state index in [1.165, 1.54) is 5.56 Å². The van der Waals surface area contributed by atoms with Gasteiger partial charge in [-0.25, -0.2) is 0 Å². The summed E-state index contributed by atoms with van der Waals surface area (Å²) in [6.45, 7) is 2.08. The highest BCUT2D eigenvalue weighted by Gasteiger charge is 2.14. The number of carbonyl (C=O) groups excluding carboxylic acids is 1. The number of hydrogen-bond acceptors (Lipinski definition) is 3. The van der Waals surface area contributed by atoms with Crippen LogP contribution in [0.2, 0.25) is 5.02 Å². The molecule has 0 unspecified atom stereocenters. The number of nitrogens with zero attached hydrogens (tertiary/aromatic N) is 1. The third-order valence-corrected chi connectivity index (χ3v) is 3.71. The number of nitrogens with one attached hydrogen (secondary N) is 1. The summed E-state index contributed by atoms with van der Waals surface area (Å²) in [6, 6.07) is 16.5. The molecule has 3 aromatic rings. The van der Waals surface area contributed by atoms with Gasteiger partial charge in [0.2, 0.25) is 0 Å². The van der Waals surface area contributed by atoms with E-state index >= 15 is 0 Å². The molecule has 0 fully saturated rings. The summed E-state index contributed by atoms with van der Waals surface area (Å²) in [5.41, 5.74) is 2.93. The molecule has 0 spiro atoms. The first-order valence-electron chi connectivity index (χ1n) is 7.28. The minimum Gasteiger partial charge on any atom is -0.355 e. The maximum absolute atomic E-state index is 12.2. The summed E-state index contributed by atoms with van der Waals surface area (Å²) in [7, 11) is 0. The van der Waals surface area contributed by atoms with Gasteiger partial charge in [-0.15, -0.1) is 0 Å². The molecule has 1 N–H and O–H groups in total. The van der Waals surface area contributed by atoms with E-state index < -0.39 is 0 Å². The van der Waals surface area contributed by atoms with Crippen LogP contribution in [0.1, 0.15) is 23.0 Å². The first-order valence-corrected chi connectivity index (χ1v) is 7.66. The third kappa shape index (κ3) is 3.60. The number of carbonyl (C=O) groups is 1. The Morgan fingerprint density at radius 2 is 1.96 bits per heavy atom. The fraction of sp³-hybridized carbons (Fsp3) is 0.111. The highest BCUT2D eigenvalue weighted by atomic mass is 35.5. The van der Waals surface area contributed by atoms with Crippen molar-refractivity contribution in [1.82, 2.24) is 5.16 Å². The van der Waals surface area contributed by atoms with Crippen LogP contribution in [0.5, 0.6) is 0 Å². The Labute approximate surface area is 139 Å². The number of aromatic nitrogens is 1. The van der Waals surface area contributed by atoms with Gasteiger partial charge in [0.1, 0.15) is 0 Å². The van der Waals surface area contributed by atoms with Gasteiger partial charge >= 0.3 is 0 Å². The lowest BCUT2D eigenvalue weighted by Gasteiger charge is -2.03. The van der Waals surface area contributed by atoms with E-state index in [9.17, 15) is 4.79 Å². The first-order chi connectivity index (χ1) is 11.2. The van der Waals surface area contributed by atoms with Crippen LogP contribution in [0.25, 0.3) is 11.3 Å². The van der Waals surface area contributed by atoms with Gasteiger partial charge in [-0.3, -0.25) is 4.79 Å². The molecule has 1 aromatic heterocycles. The zero-order valence-electron chi connectivity index (χ0n) is 12.5. The van der Waals surface area contributed by atoms with Gasteiger partial charge in [-0.05, 0) is 36.2 Å². The second-order valence-electron chi connectivity index (χ2n) is 5.09. The van der Waals surface area contributed by atoms with Crippen LogP contribution in [-0.2, 0) is 6.42 Å². The van der Waals surface area contributed by atoms with Crippen LogP contribution in [-0.4, -0.2) is 11.1 Å². The number of halogens is 1. The largest absolute Gasteiger partial charge is 0.355 e. The van der Waals surface area contributed by atoms with E-state index in [1.54, 1.807) is 18.2 Å². The van der Waals surface area contributed by atoms with Gasteiger partial charge < -0.3 is 9.84 Å². The van der Waals surface area contributed by atoms with Gasteiger partial charge in [0, 0.05) is 22.3 Å². The molecule has 0 aliphatic rings. The predicted octanol–water partition coefficient (Wildman–Crippen LogP) is 4.81. The van der Waals surface area contributed by atoms with Crippen LogP contribution in [0, 0.1) is 0 Å². The number of hydrogen-bond donors (Lipinski definition) is 1. The van der Waals surface area contributed by atoms with Crippen LogP contribution in [0.4, 0.5) is 5.69 Å². The molecule has 4 nitrogen and oxygen atoms in total. The molecule has 0 aliphatic carbocycles. The zero-order valence-corrected chi connectivity index (χ0v) is 13.3. The van der Waals surface area contributed by atoms with Crippen molar-refractivity contribution in [3.63, 3.8) is 0 Å². The Morgan fingerprint density at radius 1 is 1.17 bits per heavy atom. The Bertz CT molecular complexity index is 825. The minimum atomic E-state index is -0.314. The monoisotopic (exact) mass is 326 g/mol. The summed E-state index contributed by atoms with van der Waals surface area (Å²) in [6.07, 6.45) is 0.959. The maximum Gasteiger partial charge on any atom is 0.277 e. The summed E-state index contributed by atoms with van der Waals surface area (Å²) >= 11 is 5.95. The predicted molar refractivity (Wildman–Crippen MR) is 90.7 cm³/mol. The Balaban J connectivity index is 1.75. The summed E-state index contributed by atoms with van der Waals surface area (Å²) in [5, 5.41) is 7.22. The van der Waals surface area contributed by atoms with Gasteiger partial charge in [0.15, 0.2) is 11.5 Å². The molecular weight excluding hydrogens is 312 g/mol. The number of amides is 1. The molecule has 3 rings (SSSR count). The van der Waals surface area contributed by atoms with Crippen LogP contribution in [0.3, 0.4) is 0 Å². The van der Waals surface area contributed by atoms with Crippen LogP contribution in [0.15, 0.2) is 59.1 Å². The van der Waals surface area contributed by atoms with E-state index in [4.69, 9.17) is 16.1 Å². The minimum absolute atomic E-state index is 0.222. The molecule has 0 radical (unpaired) electrons. The molecule has 2 aromatic carbocycles. The molecular formula is C18H15ClN2O2. The number of anilines is 1. The Hall–Kier alpha value is -2.59. The zero-order chi connectivity index (χ0) is 16.2. The van der Waals surface area contributed by atoms with E-state index in [1.807, 2.05) is 36.4 Å². The molecule has 116 valence electrons. The van der Waals surface area contributed by atoms with Crippen LogP contribution >= 0.6 is 11.6 Å².